The summed E-state index contributed by atoms with van der Waals surface area (Å²) >= 11 is 12.4. The maximum absolute atomic E-state index is 9.82. The number of phenolic OH excluding ortho intramolecular Hbond substituents is 1. The molecule has 0 spiro atoms. The maximum atomic E-state index is 9.82. The molecule has 0 atom stereocenters. The molecule has 0 aliphatic rings. The standard InChI is InChI=1S/C18H18Cl2N2O5/c1-24-13-6-5-10(7-12(13)23)17(19)21-22-18(20)11-8-14(25-2)16(27-4)15(9-11)26-3/h5-9,23H,1-4H3/b21-17-,22-18-. The molecule has 0 aliphatic heterocycles. The van der Waals surface area contributed by atoms with Crippen molar-refractivity contribution in [1.29, 1.82) is 0 Å². The summed E-state index contributed by atoms with van der Waals surface area (Å²) in [6, 6.07) is 7.87. The number of phenols is 1. The van der Waals surface area contributed by atoms with Crippen LogP contribution in [-0.2, 0) is 0 Å². The molecule has 144 valence electrons. The minimum Gasteiger partial charge on any atom is -0.504 e. The van der Waals surface area contributed by atoms with E-state index in [1.165, 1.54) is 34.5 Å². The zero-order valence-corrected chi connectivity index (χ0v) is 16.6. The molecular formula is C18H18Cl2N2O5. The summed E-state index contributed by atoms with van der Waals surface area (Å²) in [5.74, 6) is 1.54. The Balaban J connectivity index is 2.36. The Kier molecular flexibility index (Phi) is 7.15. The van der Waals surface area contributed by atoms with E-state index in [9.17, 15) is 5.11 Å². The van der Waals surface area contributed by atoms with Crippen LogP contribution >= 0.6 is 23.2 Å². The molecule has 0 saturated carbocycles. The van der Waals surface area contributed by atoms with E-state index in [0.29, 0.717) is 34.1 Å². The lowest BCUT2D eigenvalue weighted by atomic mass is 10.2. The second-order valence-corrected chi connectivity index (χ2v) is 5.80. The van der Waals surface area contributed by atoms with E-state index in [2.05, 4.69) is 10.2 Å². The first-order valence-electron chi connectivity index (χ1n) is 7.59. The number of aromatic hydroxyl groups is 1. The zero-order chi connectivity index (χ0) is 20.0. The van der Waals surface area contributed by atoms with Crippen molar-refractivity contribution >= 4 is 33.5 Å². The number of hydrogen-bond donors (Lipinski definition) is 1. The molecular weight excluding hydrogens is 395 g/mol. The number of nitrogens with zero attached hydrogens (tertiary/aromatic N) is 2. The second kappa shape index (κ2) is 9.34. The van der Waals surface area contributed by atoms with Gasteiger partial charge in [0.15, 0.2) is 33.3 Å². The van der Waals surface area contributed by atoms with E-state index in [4.69, 9.17) is 42.1 Å². The van der Waals surface area contributed by atoms with Crippen LogP contribution in [0.15, 0.2) is 40.5 Å². The number of halogens is 2. The molecule has 2 aromatic carbocycles. The highest BCUT2D eigenvalue weighted by Gasteiger charge is 2.15. The van der Waals surface area contributed by atoms with Crippen LogP contribution in [0.4, 0.5) is 0 Å². The van der Waals surface area contributed by atoms with E-state index < -0.39 is 0 Å². The van der Waals surface area contributed by atoms with Gasteiger partial charge >= 0.3 is 0 Å². The lowest BCUT2D eigenvalue weighted by molar-refractivity contribution is 0.324. The van der Waals surface area contributed by atoms with Crippen molar-refractivity contribution in [2.45, 2.75) is 0 Å². The monoisotopic (exact) mass is 412 g/mol. The largest absolute Gasteiger partial charge is 0.504 e. The molecule has 0 fully saturated rings. The number of benzene rings is 2. The Morgan fingerprint density at radius 3 is 1.70 bits per heavy atom. The van der Waals surface area contributed by atoms with Crippen LogP contribution in [0.1, 0.15) is 11.1 Å². The third kappa shape index (κ3) is 4.75. The van der Waals surface area contributed by atoms with E-state index >= 15 is 0 Å². The number of ether oxygens (including phenoxy) is 4. The fourth-order valence-corrected chi connectivity index (χ4v) is 2.52. The van der Waals surface area contributed by atoms with E-state index in [-0.39, 0.29) is 16.1 Å². The summed E-state index contributed by atoms with van der Waals surface area (Å²) in [7, 11) is 5.95. The topological polar surface area (TPSA) is 81.9 Å². The van der Waals surface area contributed by atoms with E-state index in [1.807, 2.05) is 0 Å². The van der Waals surface area contributed by atoms with Gasteiger partial charge in [-0.3, -0.25) is 0 Å². The smallest absolute Gasteiger partial charge is 0.203 e. The van der Waals surface area contributed by atoms with Gasteiger partial charge in [0.1, 0.15) is 0 Å². The molecule has 0 aromatic heterocycles. The van der Waals surface area contributed by atoms with Gasteiger partial charge in [-0.25, -0.2) is 0 Å². The van der Waals surface area contributed by atoms with Crippen LogP contribution in [0.5, 0.6) is 28.7 Å². The van der Waals surface area contributed by atoms with E-state index in [0.717, 1.165) is 0 Å². The van der Waals surface area contributed by atoms with Gasteiger partial charge in [0, 0.05) is 11.1 Å². The van der Waals surface area contributed by atoms with Gasteiger partial charge in [0.25, 0.3) is 0 Å². The van der Waals surface area contributed by atoms with Crippen LogP contribution < -0.4 is 18.9 Å². The van der Waals surface area contributed by atoms with Crippen molar-refractivity contribution in [3.63, 3.8) is 0 Å². The first-order chi connectivity index (χ1) is 12.9. The molecule has 0 saturated heterocycles. The van der Waals surface area contributed by atoms with Gasteiger partial charge in [-0.05, 0) is 30.3 Å². The fourth-order valence-electron chi connectivity index (χ4n) is 2.22. The third-order valence-corrected chi connectivity index (χ3v) is 4.13. The quantitative estimate of drug-likeness (QED) is 0.548. The number of methoxy groups -OCH3 is 4. The fraction of sp³-hybridized carbons (Fsp3) is 0.222. The Bertz CT molecular complexity index is 859. The molecule has 2 rings (SSSR count). The van der Waals surface area contributed by atoms with Gasteiger partial charge in [0.2, 0.25) is 5.75 Å². The van der Waals surface area contributed by atoms with Gasteiger partial charge < -0.3 is 24.1 Å². The molecule has 0 radical (unpaired) electrons. The second-order valence-electron chi connectivity index (χ2n) is 5.08. The van der Waals surface area contributed by atoms with Gasteiger partial charge in [-0.15, -0.1) is 10.2 Å². The lowest BCUT2D eigenvalue weighted by Crippen LogP contribution is -1.99. The van der Waals surface area contributed by atoms with E-state index in [1.54, 1.807) is 24.3 Å². The summed E-state index contributed by atoms with van der Waals surface area (Å²) in [5, 5.41) is 17.7. The highest BCUT2D eigenvalue weighted by Crippen LogP contribution is 2.38. The Labute approximate surface area is 166 Å². The predicted molar refractivity (Wildman–Crippen MR) is 106 cm³/mol. The molecule has 0 bridgehead atoms. The molecule has 1 N–H and O–H groups in total. The lowest BCUT2D eigenvalue weighted by Gasteiger charge is -2.13. The van der Waals surface area contributed by atoms with Crippen molar-refractivity contribution in [3.8, 4) is 28.7 Å². The maximum Gasteiger partial charge on any atom is 0.203 e. The first kappa shape index (κ1) is 20.7. The van der Waals surface area contributed by atoms with Gasteiger partial charge in [0.05, 0.1) is 28.4 Å². The third-order valence-electron chi connectivity index (χ3n) is 3.55. The molecule has 2 aromatic rings. The Hall–Kier alpha value is -2.64. The molecule has 27 heavy (non-hydrogen) atoms. The highest BCUT2D eigenvalue weighted by molar-refractivity contribution is 6.71. The number of hydrogen-bond acceptors (Lipinski definition) is 7. The predicted octanol–water partition coefficient (Wildman–Crippen LogP) is 4.01. The van der Waals surface area contributed by atoms with Crippen LogP contribution in [-0.4, -0.2) is 43.9 Å². The van der Waals surface area contributed by atoms with Crippen LogP contribution in [0.25, 0.3) is 0 Å². The molecule has 0 amide bonds. The summed E-state index contributed by atoms with van der Waals surface area (Å²) < 4.78 is 20.8. The molecule has 0 unspecified atom stereocenters. The highest BCUT2D eigenvalue weighted by atomic mass is 35.5. The molecule has 0 aliphatic carbocycles. The summed E-state index contributed by atoms with van der Waals surface area (Å²) in [5.41, 5.74) is 0.949. The molecule has 9 heteroatoms. The minimum absolute atomic E-state index is 0.0403. The normalized spacial score (nSPS) is 11.9. The average molecular weight is 413 g/mol. The molecule has 0 heterocycles. The van der Waals surface area contributed by atoms with Gasteiger partial charge in [-0.2, -0.15) is 0 Å². The van der Waals surface area contributed by atoms with Crippen LogP contribution in [0.3, 0.4) is 0 Å². The van der Waals surface area contributed by atoms with Crippen molar-refractivity contribution in [2.24, 2.45) is 10.2 Å². The van der Waals surface area contributed by atoms with Gasteiger partial charge in [-0.1, -0.05) is 23.2 Å². The van der Waals surface area contributed by atoms with Crippen molar-refractivity contribution in [2.75, 3.05) is 28.4 Å². The number of rotatable bonds is 7. The molecule has 7 nitrogen and oxygen atoms in total. The Morgan fingerprint density at radius 1 is 0.741 bits per heavy atom. The SMILES string of the molecule is COc1ccc(/C(Cl)=N/N=C(\Cl)c2cc(OC)c(OC)c(OC)c2)cc1O. The average Bonchev–Trinajstić information content (AvgIpc) is 2.70. The first-order valence-corrected chi connectivity index (χ1v) is 8.35. The summed E-state index contributed by atoms with van der Waals surface area (Å²) in [6.07, 6.45) is 0. The van der Waals surface area contributed by atoms with Crippen molar-refractivity contribution in [3.05, 3.63) is 41.5 Å². The van der Waals surface area contributed by atoms with Crippen molar-refractivity contribution in [1.82, 2.24) is 0 Å². The zero-order valence-electron chi connectivity index (χ0n) is 15.1. The minimum atomic E-state index is -0.0666. The Morgan fingerprint density at radius 2 is 1.26 bits per heavy atom. The summed E-state index contributed by atoms with van der Waals surface area (Å²) in [4.78, 5) is 0. The van der Waals surface area contributed by atoms with Crippen molar-refractivity contribution < 1.29 is 24.1 Å². The van der Waals surface area contributed by atoms with Crippen LogP contribution in [0.2, 0.25) is 0 Å². The van der Waals surface area contributed by atoms with Crippen LogP contribution in [0, 0.1) is 0 Å². The summed E-state index contributed by atoms with van der Waals surface area (Å²) in [6.45, 7) is 0.